The van der Waals surface area contributed by atoms with Crippen molar-refractivity contribution < 1.29 is 18.4 Å². The molecule has 1 fully saturated rings. The Kier molecular flexibility index (Phi) is 3.88. The molecule has 0 unspecified atom stereocenters. The van der Waals surface area contributed by atoms with Crippen molar-refractivity contribution in [3.05, 3.63) is 78.1 Å². The third-order valence-electron chi connectivity index (χ3n) is 4.23. The number of para-hydroxylation sites is 1. The summed E-state index contributed by atoms with van der Waals surface area (Å²) in [6, 6.07) is 10.5. The monoisotopic (exact) mass is 370 g/mol. The summed E-state index contributed by atoms with van der Waals surface area (Å²) in [6.07, 6.45) is 1.65. The first kappa shape index (κ1) is 16.5. The van der Waals surface area contributed by atoms with Gasteiger partial charge >= 0.3 is 0 Å². The Morgan fingerprint density at radius 1 is 1.08 bits per heavy atom. The predicted molar refractivity (Wildman–Crippen MR) is 97.0 cm³/mol. The van der Waals surface area contributed by atoms with E-state index in [1.54, 1.807) is 22.9 Å². The molecule has 4 nitrogen and oxygen atoms in total. The number of rotatable bonds is 3. The van der Waals surface area contributed by atoms with Gasteiger partial charge in [0.2, 0.25) is 5.12 Å². The number of hydrogen-bond donors (Lipinski definition) is 0. The number of carbonyl (C=O) groups is 2. The highest BCUT2D eigenvalue weighted by molar-refractivity contribution is 8.27. The van der Waals surface area contributed by atoms with E-state index in [2.05, 4.69) is 6.58 Å². The maximum Gasteiger partial charge on any atom is 0.298 e. The quantitative estimate of drug-likeness (QED) is 0.629. The van der Waals surface area contributed by atoms with Crippen molar-refractivity contribution in [2.24, 2.45) is 0 Å². The van der Waals surface area contributed by atoms with Crippen LogP contribution in [-0.4, -0.2) is 14.9 Å². The van der Waals surface area contributed by atoms with Crippen molar-refractivity contribution in [1.82, 2.24) is 4.57 Å². The molecule has 1 aliphatic heterocycles. The number of amides is 1. The molecule has 0 N–H and O–H groups in total. The average molecular weight is 370 g/mol. The predicted octanol–water partition coefficient (Wildman–Crippen LogP) is 4.68. The zero-order valence-electron chi connectivity index (χ0n) is 13.4. The fourth-order valence-electron chi connectivity index (χ4n) is 3.01. The summed E-state index contributed by atoms with van der Waals surface area (Å²) < 4.78 is 29.2. The highest BCUT2D eigenvalue weighted by Crippen LogP contribution is 2.38. The van der Waals surface area contributed by atoms with Gasteiger partial charge in [-0.05, 0) is 24.3 Å². The first-order valence-electron chi connectivity index (χ1n) is 7.72. The van der Waals surface area contributed by atoms with Crippen molar-refractivity contribution >= 4 is 38.7 Å². The topological polar surface area (TPSA) is 42.3 Å². The summed E-state index contributed by atoms with van der Waals surface area (Å²) in [6.45, 7) is 3.77. The first-order valence-corrected chi connectivity index (χ1v) is 8.54. The Labute approximate surface area is 151 Å². The maximum absolute atomic E-state index is 14.0. The first-order chi connectivity index (χ1) is 12.5. The summed E-state index contributed by atoms with van der Waals surface area (Å²) in [5.74, 6) is -1.04. The Morgan fingerprint density at radius 2 is 1.85 bits per heavy atom. The summed E-state index contributed by atoms with van der Waals surface area (Å²) in [5.41, 5.74) is 1.50. The van der Waals surface area contributed by atoms with Crippen LogP contribution in [0.15, 0.2) is 60.9 Å². The Hall–Kier alpha value is -2.93. The zero-order valence-corrected chi connectivity index (χ0v) is 14.2. The van der Waals surface area contributed by atoms with E-state index in [1.165, 1.54) is 4.90 Å². The highest BCUT2D eigenvalue weighted by atomic mass is 32.2. The van der Waals surface area contributed by atoms with Crippen LogP contribution in [-0.2, 0) is 11.3 Å². The number of benzene rings is 2. The van der Waals surface area contributed by atoms with Gasteiger partial charge in [-0.2, -0.15) is 0 Å². The molecule has 0 spiro atoms. The Balaban J connectivity index is 1.85. The van der Waals surface area contributed by atoms with Gasteiger partial charge < -0.3 is 4.57 Å². The third kappa shape index (κ3) is 2.61. The number of hydrogen-bond acceptors (Lipinski definition) is 3. The van der Waals surface area contributed by atoms with Gasteiger partial charge in [-0.1, -0.05) is 24.8 Å². The summed E-state index contributed by atoms with van der Waals surface area (Å²) in [7, 11) is 0. The highest BCUT2D eigenvalue weighted by Gasteiger charge is 2.36. The van der Waals surface area contributed by atoms with Gasteiger partial charge in [0.25, 0.3) is 5.24 Å². The van der Waals surface area contributed by atoms with Gasteiger partial charge in [0.05, 0.1) is 23.4 Å². The lowest BCUT2D eigenvalue weighted by atomic mass is 10.2. The van der Waals surface area contributed by atoms with Crippen LogP contribution >= 0.6 is 11.8 Å². The van der Waals surface area contributed by atoms with Crippen molar-refractivity contribution in [2.45, 2.75) is 6.54 Å². The van der Waals surface area contributed by atoms with Crippen molar-refractivity contribution in [3.63, 3.8) is 0 Å². The molecule has 0 aliphatic carbocycles. The van der Waals surface area contributed by atoms with Crippen molar-refractivity contribution in [3.8, 4) is 0 Å². The molecule has 2 aromatic carbocycles. The van der Waals surface area contributed by atoms with E-state index in [4.69, 9.17) is 0 Å². The number of fused-ring (bicyclic) bond motifs is 1. The minimum absolute atomic E-state index is 0.0830. The van der Waals surface area contributed by atoms with Crippen LogP contribution in [0, 0.1) is 11.6 Å². The molecule has 1 aromatic heterocycles. The van der Waals surface area contributed by atoms with Crippen LogP contribution in [0.5, 0.6) is 0 Å². The molecule has 0 saturated carbocycles. The molecule has 130 valence electrons. The summed E-state index contributed by atoms with van der Waals surface area (Å²) in [5, 5.41) is -0.114. The summed E-state index contributed by atoms with van der Waals surface area (Å²) in [4.78, 5) is 25.2. The van der Waals surface area contributed by atoms with E-state index in [-0.39, 0.29) is 17.8 Å². The lowest BCUT2D eigenvalue weighted by molar-refractivity contribution is -0.107. The van der Waals surface area contributed by atoms with Gasteiger partial charge in [0.1, 0.15) is 11.6 Å². The molecule has 1 saturated heterocycles. The van der Waals surface area contributed by atoms with Gasteiger partial charge in [0.15, 0.2) is 0 Å². The van der Waals surface area contributed by atoms with Crippen LogP contribution < -0.4 is 4.90 Å². The van der Waals surface area contributed by atoms with Gasteiger partial charge in [-0.25, -0.2) is 8.78 Å². The minimum Gasteiger partial charge on any atom is -0.341 e. The molecule has 1 aliphatic rings. The Bertz CT molecular complexity index is 1090. The van der Waals surface area contributed by atoms with Crippen LogP contribution in [0.25, 0.3) is 10.9 Å². The molecular weight excluding hydrogens is 358 g/mol. The third-order valence-corrected chi connectivity index (χ3v) is 5.00. The number of aromatic nitrogens is 1. The summed E-state index contributed by atoms with van der Waals surface area (Å²) >= 11 is 0.587. The standard InChI is InChI=1S/C19H12F2N2O2S/c1-11-18(24)26-19(25)23(11)17-10-22(16-5-3-2-4-14(16)17)9-12-8-13(20)6-7-15(12)21/h2-8,10H,1,9H2. The number of halogens is 2. The molecule has 2 heterocycles. The normalized spacial score (nSPS) is 14.7. The second-order valence-electron chi connectivity index (χ2n) is 5.83. The lowest BCUT2D eigenvalue weighted by Crippen LogP contribution is -2.20. The van der Waals surface area contributed by atoms with Crippen molar-refractivity contribution in [2.75, 3.05) is 4.90 Å². The zero-order chi connectivity index (χ0) is 18.4. The molecule has 1 amide bonds. The number of nitrogens with zero attached hydrogens (tertiary/aromatic N) is 2. The molecule has 0 atom stereocenters. The molecule has 0 bridgehead atoms. The van der Waals surface area contributed by atoms with Crippen LogP contribution in [0.1, 0.15) is 5.56 Å². The molecule has 7 heteroatoms. The van der Waals surface area contributed by atoms with Gasteiger partial charge in [-0.15, -0.1) is 0 Å². The largest absolute Gasteiger partial charge is 0.341 e. The fourth-order valence-corrected chi connectivity index (χ4v) is 3.68. The SMILES string of the molecule is C=C1C(=O)SC(=O)N1c1cn(Cc2cc(F)ccc2F)c2ccccc12. The van der Waals surface area contributed by atoms with E-state index in [1.807, 2.05) is 12.1 Å². The van der Waals surface area contributed by atoms with E-state index < -0.39 is 22.0 Å². The minimum atomic E-state index is -0.525. The molecule has 26 heavy (non-hydrogen) atoms. The molecule has 3 aromatic rings. The second kappa shape index (κ2) is 6.10. The smallest absolute Gasteiger partial charge is 0.298 e. The van der Waals surface area contributed by atoms with Crippen LogP contribution in [0.3, 0.4) is 0 Å². The van der Waals surface area contributed by atoms with Crippen LogP contribution in [0.2, 0.25) is 0 Å². The van der Waals surface area contributed by atoms with E-state index >= 15 is 0 Å². The second-order valence-corrected chi connectivity index (χ2v) is 6.76. The molecular formula is C19H12F2N2O2S. The maximum atomic E-state index is 14.0. The van der Waals surface area contributed by atoms with Gasteiger partial charge in [0, 0.05) is 28.9 Å². The van der Waals surface area contributed by atoms with Gasteiger partial charge in [-0.3, -0.25) is 14.5 Å². The molecule has 4 rings (SSSR count). The number of carbonyl (C=O) groups excluding carboxylic acids is 2. The number of thioether (sulfide) groups is 1. The van der Waals surface area contributed by atoms with Crippen LogP contribution in [0.4, 0.5) is 19.3 Å². The number of anilines is 1. The van der Waals surface area contributed by atoms with E-state index in [9.17, 15) is 18.4 Å². The lowest BCUT2D eigenvalue weighted by Gasteiger charge is -2.13. The fraction of sp³-hybridized carbons (Fsp3) is 0.0526. The Morgan fingerprint density at radius 3 is 2.58 bits per heavy atom. The average Bonchev–Trinajstić information content (AvgIpc) is 3.08. The van der Waals surface area contributed by atoms with E-state index in [0.717, 1.165) is 23.7 Å². The van der Waals surface area contributed by atoms with Crippen molar-refractivity contribution in [1.29, 1.82) is 0 Å². The van der Waals surface area contributed by atoms with E-state index in [0.29, 0.717) is 22.8 Å². The molecule has 0 radical (unpaired) electrons.